The Bertz CT molecular complexity index is 173. The molecule has 1 saturated carbocycles. The summed E-state index contributed by atoms with van der Waals surface area (Å²) in [6, 6.07) is -0.245. The molecule has 3 heteroatoms. The van der Waals surface area contributed by atoms with E-state index in [-0.39, 0.29) is 11.9 Å². The molecule has 68 valence electrons. The van der Waals surface area contributed by atoms with Crippen molar-refractivity contribution in [2.75, 3.05) is 0 Å². The van der Waals surface area contributed by atoms with Gasteiger partial charge >= 0.3 is 0 Å². The van der Waals surface area contributed by atoms with Gasteiger partial charge < -0.3 is 10.1 Å². The van der Waals surface area contributed by atoms with Gasteiger partial charge in [-0.1, -0.05) is 12.8 Å². The zero-order valence-electron chi connectivity index (χ0n) is 7.38. The zero-order valence-corrected chi connectivity index (χ0v) is 7.38. The molecule has 0 bridgehead atoms. The van der Waals surface area contributed by atoms with E-state index in [4.69, 9.17) is 0 Å². The summed E-state index contributed by atoms with van der Waals surface area (Å²) in [6.45, 7) is 1.45. The first kappa shape index (κ1) is 9.23. The van der Waals surface area contributed by atoms with Crippen LogP contribution in [0.5, 0.6) is 0 Å². The Balaban J connectivity index is 2.42. The van der Waals surface area contributed by atoms with E-state index in [0.717, 1.165) is 19.1 Å². The van der Waals surface area contributed by atoms with E-state index in [2.05, 4.69) is 5.32 Å². The largest absolute Gasteiger partial charge is 0.347 e. The van der Waals surface area contributed by atoms with Crippen molar-refractivity contribution in [2.24, 2.45) is 5.92 Å². The lowest BCUT2D eigenvalue weighted by Crippen LogP contribution is -2.39. The molecule has 1 atom stereocenters. The summed E-state index contributed by atoms with van der Waals surface area (Å²) in [6.07, 6.45) is 5.38. The Kier molecular flexibility index (Phi) is 3.26. The van der Waals surface area contributed by atoms with Crippen molar-refractivity contribution in [2.45, 2.75) is 38.6 Å². The minimum atomic E-state index is -0.245. The van der Waals surface area contributed by atoms with E-state index in [1.54, 1.807) is 0 Å². The number of rotatable bonds is 3. The van der Waals surface area contributed by atoms with Crippen LogP contribution < -0.4 is 5.32 Å². The van der Waals surface area contributed by atoms with Gasteiger partial charge in [0.15, 0.2) is 0 Å². The summed E-state index contributed by atoms with van der Waals surface area (Å²) in [5, 5.41) is 2.66. The van der Waals surface area contributed by atoms with Crippen molar-refractivity contribution in [1.82, 2.24) is 5.32 Å². The average molecular weight is 169 g/mol. The molecule has 0 saturated heterocycles. The van der Waals surface area contributed by atoms with E-state index in [1.807, 2.05) is 0 Å². The normalized spacial score (nSPS) is 20.4. The molecule has 0 aromatic heterocycles. The summed E-state index contributed by atoms with van der Waals surface area (Å²) in [4.78, 5) is 21.3. The quantitative estimate of drug-likeness (QED) is 0.637. The van der Waals surface area contributed by atoms with Gasteiger partial charge in [-0.05, 0) is 18.8 Å². The van der Waals surface area contributed by atoms with Crippen LogP contribution >= 0.6 is 0 Å². The molecule has 1 unspecified atom stereocenters. The van der Waals surface area contributed by atoms with Crippen LogP contribution in [0.15, 0.2) is 0 Å². The van der Waals surface area contributed by atoms with E-state index < -0.39 is 0 Å². The van der Waals surface area contributed by atoms with E-state index in [0.29, 0.717) is 5.92 Å². The van der Waals surface area contributed by atoms with Crippen LogP contribution in [-0.2, 0) is 9.59 Å². The second kappa shape index (κ2) is 4.24. The maximum Gasteiger partial charge on any atom is 0.217 e. The smallest absolute Gasteiger partial charge is 0.217 e. The molecule has 0 radical (unpaired) electrons. The minimum absolute atomic E-state index is 0.112. The molecule has 0 spiro atoms. The lowest BCUT2D eigenvalue weighted by atomic mass is 9.99. The van der Waals surface area contributed by atoms with Crippen molar-refractivity contribution in [3.8, 4) is 0 Å². The second-order valence-electron chi connectivity index (χ2n) is 3.41. The van der Waals surface area contributed by atoms with Crippen molar-refractivity contribution in [1.29, 1.82) is 0 Å². The van der Waals surface area contributed by atoms with Crippen molar-refractivity contribution in [3.05, 3.63) is 0 Å². The van der Waals surface area contributed by atoms with Gasteiger partial charge in [0.05, 0.1) is 6.04 Å². The highest BCUT2D eigenvalue weighted by atomic mass is 16.2. The van der Waals surface area contributed by atoms with E-state index >= 15 is 0 Å². The van der Waals surface area contributed by atoms with Crippen molar-refractivity contribution in [3.63, 3.8) is 0 Å². The SMILES string of the molecule is CC(=O)NC(C=O)C1CCCC1. The Morgan fingerprint density at radius 2 is 2.08 bits per heavy atom. The van der Waals surface area contributed by atoms with Crippen LogP contribution in [-0.4, -0.2) is 18.2 Å². The maximum absolute atomic E-state index is 10.7. The number of hydrogen-bond acceptors (Lipinski definition) is 2. The van der Waals surface area contributed by atoms with E-state index in [1.165, 1.54) is 19.8 Å². The number of carbonyl (C=O) groups excluding carboxylic acids is 2. The maximum atomic E-state index is 10.7. The van der Waals surface area contributed by atoms with Crippen LogP contribution in [0.3, 0.4) is 0 Å². The summed E-state index contributed by atoms with van der Waals surface area (Å²) in [5.74, 6) is 0.269. The Labute approximate surface area is 72.5 Å². The van der Waals surface area contributed by atoms with Crippen LogP contribution in [0.2, 0.25) is 0 Å². The number of nitrogens with one attached hydrogen (secondary N) is 1. The molecular weight excluding hydrogens is 154 g/mol. The first-order valence-electron chi connectivity index (χ1n) is 4.46. The zero-order chi connectivity index (χ0) is 8.97. The molecule has 1 amide bonds. The molecule has 1 rings (SSSR count). The molecule has 1 aliphatic rings. The molecule has 0 aliphatic heterocycles. The highest BCUT2D eigenvalue weighted by Gasteiger charge is 2.24. The van der Waals surface area contributed by atoms with Crippen LogP contribution in [0, 0.1) is 5.92 Å². The van der Waals surface area contributed by atoms with Gasteiger partial charge in [0.25, 0.3) is 0 Å². The summed E-state index contributed by atoms with van der Waals surface area (Å²) >= 11 is 0. The van der Waals surface area contributed by atoms with Crippen LogP contribution in [0.25, 0.3) is 0 Å². The van der Waals surface area contributed by atoms with Gasteiger partial charge in [0.1, 0.15) is 6.29 Å². The third kappa shape index (κ3) is 2.32. The van der Waals surface area contributed by atoms with Crippen LogP contribution in [0.1, 0.15) is 32.6 Å². The number of amides is 1. The molecule has 12 heavy (non-hydrogen) atoms. The highest BCUT2D eigenvalue weighted by Crippen LogP contribution is 2.26. The minimum Gasteiger partial charge on any atom is -0.347 e. The monoisotopic (exact) mass is 169 g/mol. The fourth-order valence-corrected chi connectivity index (χ4v) is 1.81. The summed E-state index contributed by atoms with van der Waals surface area (Å²) in [7, 11) is 0. The molecular formula is C9H15NO2. The molecule has 1 aliphatic carbocycles. The fraction of sp³-hybridized carbons (Fsp3) is 0.778. The summed E-state index contributed by atoms with van der Waals surface area (Å²) in [5.41, 5.74) is 0. The lowest BCUT2D eigenvalue weighted by Gasteiger charge is -2.17. The topological polar surface area (TPSA) is 46.2 Å². The van der Waals surface area contributed by atoms with Crippen LogP contribution in [0.4, 0.5) is 0 Å². The van der Waals surface area contributed by atoms with Gasteiger partial charge in [-0.3, -0.25) is 4.79 Å². The van der Waals surface area contributed by atoms with Gasteiger partial charge in [-0.25, -0.2) is 0 Å². The standard InChI is InChI=1S/C9H15NO2/c1-7(12)10-9(6-11)8-4-2-3-5-8/h6,8-9H,2-5H2,1H3,(H,10,12). The van der Waals surface area contributed by atoms with Crippen molar-refractivity contribution < 1.29 is 9.59 Å². The van der Waals surface area contributed by atoms with E-state index in [9.17, 15) is 9.59 Å². The Morgan fingerprint density at radius 3 is 2.50 bits per heavy atom. The molecule has 3 nitrogen and oxygen atoms in total. The molecule has 1 fully saturated rings. The Morgan fingerprint density at radius 1 is 1.50 bits per heavy atom. The number of aldehydes is 1. The van der Waals surface area contributed by atoms with Crippen molar-refractivity contribution >= 4 is 12.2 Å². The first-order chi connectivity index (χ1) is 5.74. The number of hydrogen-bond donors (Lipinski definition) is 1. The van der Waals surface area contributed by atoms with Gasteiger partial charge in [-0.15, -0.1) is 0 Å². The molecule has 0 aromatic carbocycles. The second-order valence-corrected chi connectivity index (χ2v) is 3.41. The fourth-order valence-electron chi connectivity index (χ4n) is 1.81. The third-order valence-electron chi connectivity index (χ3n) is 2.42. The Hall–Kier alpha value is -0.860. The van der Waals surface area contributed by atoms with Gasteiger partial charge in [0, 0.05) is 6.92 Å². The highest BCUT2D eigenvalue weighted by molar-refractivity contribution is 5.77. The summed E-state index contributed by atoms with van der Waals surface area (Å²) < 4.78 is 0. The first-order valence-corrected chi connectivity index (χ1v) is 4.46. The predicted molar refractivity (Wildman–Crippen MR) is 45.6 cm³/mol. The lowest BCUT2D eigenvalue weighted by molar-refractivity contribution is -0.123. The average Bonchev–Trinajstić information content (AvgIpc) is 2.51. The molecule has 0 aromatic rings. The molecule has 1 N–H and O–H groups in total. The van der Waals surface area contributed by atoms with Gasteiger partial charge in [-0.2, -0.15) is 0 Å². The molecule has 0 heterocycles. The van der Waals surface area contributed by atoms with Gasteiger partial charge in [0.2, 0.25) is 5.91 Å². The number of carbonyl (C=O) groups is 2. The third-order valence-corrected chi connectivity index (χ3v) is 2.42. The predicted octanol–water partition coefficient (Wildman–Crippen LogP) is 0.880.